The second-order valence-corrected chi connectivity index (χ2v) is 5.23. The average molecular weight is 287 g/mol. The molecule has 0 saturated heterocycles. The van der Waals surface area contributed by atoms with Crippen LogP contribution in [-0.4, -0.2) is 33.3 Å². The minimum Gasteiger partial charge on any atom is -0.477 e. The lowest BCUT2D eigenvalue weighted by Gasteiger charge is -2.16. The second-order valence-electron chi connectivity index (χ2n) is 3.84. The van der Waals surface area contributed by atoms with Crippen molar-refractivity contribution in [2.24, 2.45) is 0 Å². The number of aliphatic hydroxyl groups excluding tert-OH is 2. The molecule has 2 atom stereocenters. The lowest BCUT2D eigenvalue weighted by molar-refractivity contribution is 0.0336. The summed E-state index contributed by atoms with van der Waals surface area (Å²) in [7, 11) is 0. The first-order chi connectivity index (χ1) is 8.54. The van der Waals surface area contributed by atoms with Gasteiger partial charge in [0.2, 0.25) is 0 Å². The molecule has 0 amide bonds. The number of aliphatic hydroxyl groups is 2. The van der Waals surface area contributed by atoms with E-state index in [0.717, 1.165) is 16.0 Å². The molecule has 1 aromatic heterocycles. The Morgan fingerprint density at radius 3 is 2.72 bits per heavy atom. The van der Waals surface area contributed by atoms with E-state index >= 15 is 0 Å². The summed E-state index contributed by atoms with van der Waals surface area (Å²) in [5.41, 5.74) is 0.490. The zero-order valence-corrected chi connectivity index (χ0v) is 10.8. The highest BCUT2D eigenvalue weighted by molar-refractivity contribution is 7.20. The van der Waals surface area contributed by atoms with Crippen molar-refractivity contribution >= 4 is 39.0 Å². The summed E-state index contributed by atoms with van der Waals surface area (Å²) in [6, 6.07) is 6.64. The van der Waals surface area contributed by atoms with Crippen LogP contribution in [0.25, 0.3) is 10.1 Å². The van der Waals surface area contributed by atoms with Crippen LogP contribution >= 0.6 is 22.9 Å². The Kier molecular flexibility index (Phi) is 3.87. The predicted octanol–water partition coefficient (Wildman–Crippen LogP) is 2.23. The van der Waals surface area contributed by atoms with Crippen molar-refractivity contribution < 1.29 is 20.1 Å². The molecule has 6 heteroatoms. The van der Waals surface area contributed by atoms with Crippen LogP contribution in [0.3, 0.4) is 0 Å². The van der Waals surface area contributed by atoms with Gasteiger partial charge in [-0.15, -0.1) is 22.9 Å². The zero-order chi connectivity index (χ0) is 13.3. The number of hydrogen-bond acceptors (Lipinski definition) is 4. The van der Waals surface area contributed by atoms with Crippen LogP contribution in [-0.2, 0) is 0 Å². The normalized spacial score (nSPS) is 14.6. The van der Waals surface area contributed by atoms with Gasteiger partial charge in [-0.1, -0.05) is 12.1 Å². The summed E-state index contributed by atoms with van der Waals surface area (Å²) in [6.07, 6.45) is -2.20. The van der Waals surface area contributed by atoms with E-state index in [1.165, 1.54) is 6.07 Å². The minimum absolute atomic E-state index is 0.0898. The Morgan fingerprint density at radius 2 is 2.11 bits per heavy atom. The van der Waals surface area contributed by atoms with Gasteiger partial charge < -0.3 is 15.3 Å². The molecule has 0 spiro atoms. The molecule has 1 aromatic carbocycles. The summed E-state index contributed by atoms with van der Waals surface area (Å²) >= 11 is 6.63. The van der Waals surface area contributed by atoms with Gasteiger partial charge in [-0.3, -0.25) is 0 Å². The summed E-state index contributed by atoms with van der Waals surface area (Å²) < 4.78 is 0.755. The SMILES string of the molecule is O=C(O)c1cc2c(C(O)C(O)CCl)cccc2s1. The number of alkyl halides is 1. The molecule has 0 aliphatic rings. The van der Waals surface area contributed by atoms with E-state index in [0.29, 0.717) is 10.9 Å². The Hall–Kier alpha value is -1.14. The van der Waals surface area contributed by atoms with Crippen molar-refractivity contribution in [3.63, 3.8) is 0 Å². The van der Waals surface area contributed by atoms with E-state index in [1.54, 1.807) is 18.2 Å². The molecule has 18 heavy (non-hydrogen) atoms. The van der Waals surface area contributed by atoms with Gasteiger partial charge in [0.1, 0.15) is 11.0 Å². The molecule has 0 aliphatic carbocycles. The first-order valence-corrected chi connectivity index (χ1v) is 6.57. The van der Waals surface area contributed by atoms with E-state index < -0.39 is 18.2 Å². The third-order valence-corrected chi connectivity index (χ3v) is 4.05. The van der Waals surface area contributed by atoms with Crippen molar-refractivity contribution in [1.29, 1.82) is 0 Å². The molecule has 0 aliphatic heterocycles. The van der Waals surface area contributed by atoms with E-state index in [2.05, 4.69) is 0 Å². The molecule has 0 saturated carbocycles. The van der Waals surface area contributed by atoms with Crippen LogP contribution in [0.2, 0.25) is 0 Å². The second kappa shape index (κ2) is 5.24. The predicted molar refractivity (Wildman–Crippen MR) is 70.5 cm³/mol. The summed E-state index contributed by atoms with van der Waals surface area (Å²) in [6.45, 7) is 0. The van der Waals surface area contributed by atoms with Crippen molar-refractivity contribution in [2.45, 2.75) is 12.2 Å². The van der Waals surface area contributed by atoms with E-state index in [-0.39, 0.29) is 10.8 Å². The van der Waals surface area contributed by atoms with Crippen molar-refractivity contribution in [2.75, 3.05) is 5.88 Å². The Morgan fingerprint density at radius 1 is 1.39 bits per heavy atom. The molecule has 2 rings (SSSR count). The number of carbonyl (C=O) groups is 1. The van der Waals surface area contributed by atoms with Crippen LogP contribution in [0, 0.1) is 0 Å². The van der Waals surface area contributed by atoms with Crippen LogP contribution in [0.1, 0.15) is 21.3 Å². The highest BCUT2D eigenvalue weighted by Gasteiger charge is 2.21. The Bertz CT molecular complexity index is 580. The van der Waals surface area contributed by atoms with Gasteiger partial charge >= 0.3 is 5.97 Å². The van der Waals surface area contributed by atoms with Gasteiger partial charge in [0.25, 0.3) is 0 Å². The fourth-order valence-corrected chi connectivity index (χ4v) is 2.84. The Labute approximate surface area is 112 Å². The minimum atomic E-state index is -1.12. The van der Waals surface area contributed by atoms with E-state index in [4.69, 9.17) is 16.7 Å². The molecule has 4 nitrogen and oxygen atoms in total. The zero-order valence-electron chi connectivity index (χ0n) is 9.21. The third-order valence-electron chi connectivity index (χ3n) is 2.65. The van der Waals surface area contributed by atoms with Gasteiger partial charge in [-0.2, -0.15) is 0 Å². The average Bonchev–Trinajstić information content (AvgIpc) is 2.80. The van der Waals surface area contributed by atoms with Crippen molar-refractivity contribution in [3.05, 3.63) is 34.7 Å². The lowest BCUT2D eigenvalue weighted by atomic mass is 10.0. The number of aromatic carboxylic acids is 1. The number of benzene rings is 1. The molecule has 0 radical (unpaired) electrons. The summed E-state index contributed by atoms with van der Waals surface area (Å²) in [4.78, 5) is 11.1. The molecule has 96 valence electrons. The number of halogens is 1. The largest absolute Gasteiger partial charge is 0.477 e. The third kappa shape index (κ3) is 2.35. The molecular formula is C12H11ClO4S. The van der Waals surface area contributed by atoms with Gasteiger partial charge in [0.15, 0.2) is 0 Å². The first-order valence-electron chi connectivity index (χ1n) is 5.22. The molecule has 3 N–H and O–H groups in total. The van der Waals surface area contributed by atoms with Crippen LogP contribution in [0.5, 0.6) is 0 Å². The molecule has 2 unspecified atom stereocenters. The number of rotatable bonds is 4. The van der Waals surface area contributed by atoms with Crippen molar-refractivity contribution in [3.8, 4) is 0 Å². The fraction of sp³-hybridized carbons (Fsp3) is 0.250. The maximum Gasteiger partial charge on any atom is 0.345 e. The quantitative estimate of drug-likeness (QED) is 0.753. The summed E-state index contributed by atoms with van der Waals surface area (Å²) in [5.74, 6) is -1.09. The lowest BCUT2D eigenvalue weighted by Crippen LogP contribution is -2.19. The molecule has 0 fully saturated rings. The van der Waals surface area contributed by atoms with Gasteiger partial charge in [0, 0.05) is 4.70 Å². The molecular weight excluding hydrogens is 276 g/mol. The van der Waals surface area contributed by atoms with Gasteiger partial charge in [-0.25, -0.2) is 4.79 Å². The molecule has 2 aromatic rings. The number of fused-ring (bicyclic) bond motifs is 1. The van der Waals surface area contributed by atoms with Crippen molar-refractivity contribution in [1.82, 2.24) is 0 Å². The molecule has 1 heterocycles. The van der Waals surface area contributed by atoms with Gasteiger partial charge in [0.05, 0.1) is 12.0 Å². The maximum absolute atomic E-state index is 10.9. The smallest absolute Gasteiger partial charge is 0.345 e. The standard InChI is InChI=1S/C12H11ClO4S/c13-5-8(14)11(15)6-2-1-3-9-7(6)4-10(18-9)12(16)17/h1-4,8,11,14-15H,5H2,(H,16,17). The highest BCUT2D eigenvalue weighted by Crippen LogP contribution is 2.32. The number of carboxylic acids is 1. The topological polar surface area (TPSA) is 77.8 Å². The Balaban J connectivity index is 2.54. The molecule has 0 bridgehead atoms. The van der Waals surface area contributed by atoms with Gasteiger partial charge in [-0.05, 0) is 23.1 Å². The van der Waals surface area contributed by atoms with Crippen LogP contribution in [0.15, 0.2) is 24.3 Å². The number of thiophene rings is 1. The summed E-state index contributed by atoms with van der Waals surface area (Å²) in [5, 5.41) is 29.1. The van der Waals surface area contributed by atoms with Crippen LogP contribution < -0.4 is 0 Å². The number of hydrogen-bond donors (Lipinski definition) is 3. The number of carboxylic acid groups (broad SMARTS) is 1. The maximum atomic E-state index is 10.9. The van der Waals surface area contributed by atoms with E-state index in [1.807, 2.05) is 0 Å². The monoisotopic (exact) mass is 286 g/mol. The fourth-order valence-electron chi connectivity index (χ4n) is 1.74. The first kappa shape index (κ1) is 13.3. The highest BCUT2D eigenvalue weighted by atomic mass is 35.5. The van der Waals surface area contributed by atoms with Crippen LogP contribution in [0.4, 0.5) is 0 Å². The van der Waals surface area contributed by atoms with E-state index in [9.17, 15) is 15.0 Å².